The molecule has 2 aliphatic heterocycles. The lowest BCUT2D eigenvalue weighted by molar-refractivity contribution is -0.146. The molecule has 1 aromatic rings. The molecule has 3 N–H and O–H groups in total. The molecular weight excluding hydrogens is 416 g/mol. The van der Waals surface area contributed by atoms with E-state index < -0.39 is 30.1 Å². The maximum Gasteiger partial charge on any atom is 0.323 e. The second-order valence-corrected chi connectivity index (χ2v) is 9.42. The summed E-state index contributed by atoms with van der Waals surface area (Å²) in [5.74, 6) is 0.319. The number of nitrogens with one attached hydrogen (secondary N) is 2. The van der Waals surface area contributed by atoms with Gasteiger partial charge in [0.2, 0.25) is 0 Å². The van der Waals surface area contributed by atoms with Gasteiger partial charge in [-0.15, -0.1) is 0 Å². The highest BCUT2D eigenvalue weighted by molar-refractivity contribution is 7.99. The van der Waals surface area contributed by atoms with Crippen LogP contribution in [0.4, 0.5) is 0 Å². The van der Waals surface area contributed by atoms with Crippen LogP contribution in [-0.4, -0.2) is 65.1 Å². The quantitative estimate of drug-likeness (QED) is 0.466. The number of thioether (sulfide) groups is 1. The number of aliphatic carboxylic acids is 1. The van der Waals surface area contributed by atoms with Crippen LogP contribution in [-0.2, 0) is 25.5 Å². The molecule has 0 bridgehead atoms. The fourth-order valence-electron chi connectivity index (χ4n) is 4.64. The summed E-state index contributed by atoms with van der Waals surface area (Å²) in [5, 5.41) is 15.8. The van der Waals surface area contributed by atoms with Crippen molar-refractivity contribution >= 4 is 29.5 Å². The van der Waals surface area contributed by atoms with E-state index in [9.17, 15) is 19.5 Å². The average molecular weight is 449 g/mol. The number of Topliss-reactive ketones (excluding diaryl/α,β-unsaturated/α-hetero) is 1. The Morgan fingerprint density at radius 1 is 1.23 bits per heavy atom. The van der Waals surface area contributed by atoms with Crippen molar-refractivity contribution in [2.45, 2.75) is 57.3 Å². The van der Waals surface area contributed by atoms with E-state index in [1.165, 1.54) is 0 Å². The molecule has 2 heterocycles. The van der Waals surface area contributed by atoms with Crippen LogP contribution in [0.5, 0.6) is 0 Å². The van der Waals surface area contributed by atoms with Gasteiger partial charge in [0, 0.05) is 0 Å². The first-order valence-corrected chi connectivity index (χ1v) is 12.1. The van der Waals surface area contributed by atoms with Gasteiger partial charge in [-0.1, -0.05) is 30.3 Å². The highest BCUT2D eigenvalue weighted by Crippen LogP contribution is 2.38. The Morgan fingerprint density at radius 3 is 2.65 bits per heavy atom. The molecule has 0 aromatic heterocycles. The number of hydrogen-bond donors (Lipinski definition) is 3. The average Bonchev–Trinajstić information content (AvgIpc) is 3.16. The SMILES string of the molecule is CCOC(=O)C(CCc1ccccc1)N[C@@H](C)C(=O)C1N[C@H](C(=O)O)C2CCSCC12. The van der Waals surface area contributed by atoms with Gasteiger partial charge in [-0.25, -0.2) is 0 Å². The number of hydrogen-bond acceptors (Lipinski definition) is 7. The molecule has 2 aliphatic rings. The molecule has 6 atom stereocenters. The van der Waals surface area contributed by atoms with Crippen molar-refractivity contribution in [3.63, 3.8) is 0 Å². The Morgan fingerprint density at radius 2 is 1.97 bits per heavy atom. The number of aryl methyl sites for hydroxylation is 1. The Kier molecular flexibility index (Phi) is 8.51. The highest BCUT2D eigenvalue weighted by atomic mass is 32.2. The summed E-state index contributed by atoms with van der Waals surface area (Å²) in [6, 6.07) is 7.47. The first-order chi connectivity index (χ1) is 14.9. The predicted octanol–water partition coefficient (Wildman–Crippen LogP) is 1.89. The van der Waals surface area contributed by atoms with Crippen molar-refractivity contribution in [1.29, 1.82) is 0 Å². The van der Waals surface area contributed by atoms with Gasteiger partial charge in [-0.2, -0.15) is 11.8 Å². The zero-order valence-electron chi connectivity index (χ0n) is 18.1. The largest absolute Gasteiger partial charge is 0.480 e. The van der Waals surface area contributed by atoms with E-state index in [0.717, 1.165) is 23.5 Å². The van der Waals surface area contributed by atoms with Crippen molar-refractivity contribution in [3.8, 4) is 0 Å². The van der Waals surface area contributed by atoms with E-state index >= 15 is 0 Å². The summed E-state index contributed by atoms with van der Waals surface area (Å²) >= 11 is 1.77. The smallest absolute Gasteiger partial charge is 0.323 e. The molecule has 31 heavy (non-hydrogen) atoms. The number of esters is 1. The van der Waals surface area contributed by atoms with E-state index in [-0.39, 0.29) is 30.2 Å². The molecule has 1 aromatic carbocycles. The summed E-state index contributed by atoms with van der Waals surface area (Å²) in [6.45, 7) is 3.78. The lowest BCUT2D eigenvalue weighted by Gasteiger charge is -2.30. The molecule has 4 unspecified atom stereocenters. The summed E-state index contributed by atoms with van der Waals surface area (Å²) in [4.78, 5) is 37.5. The lowest BCUT2D eigenvalue weighted by Crippen LogP contribution is -2.53. The number of carbonyl (C=O) groups is 3. The number of carboxylic acids is 1. The van der Waals surface area contributed by atoms with Gasteiger partial charge < -0.3 is 9.84 Å². The van der Waals surface area contributed by atoms with E-state index in [4.69, 9.17) is 4.74 Å². The molecule has 2 fully saturated rings. The van der Waals surface area contributed by atoms with Crippen LogP contribution in [0, 0.1) is 11.8 Å². The summed E-state index contributed by atoms with van der Waals surface area (Å²) < 4.78 is 5.22. The molecule has 3 rings (SSSR count). The van der Waals surface area contributed by atoms with Crippen molar-refractivity contribution in [2.75, 3.05) is 18.1 Å². The molecule has 2 saturated heterocycles. The van der Waals surface area contributed by atoms with Gasteiger partial charge in [0.05, 0.1) is 18.7 Å². The zero-order valence-corrected chi connectivity index (χ0v) is 18.9. The third-order valence-corrected chi connectivity index (χ3v) is 7.40. The van der Waals surface area contributed by atoms with Crippen LogP contribution in [0.2, 0.25) is 0 Å². The summed E-state index contributed by atoms with van der Waals surface area (Å²) in [7, 11) is 0. The topological polar surface area (TPSA) is 105 Å². The Labute approximate surface area is 187 Å². The van der Waals surface area contributed by atoms with Crippen molar-refractivity contribution in [3.05, 3.63) is 35.9 Å². The molecule has 0 spiro atoms. The van der Waals surface area contributed by atoms with Gasteiger partial charge in [0.1, 0.15) is 12.1 Å². The zero-order chi connectivity index (χ0) is 22.4. The van der Waals surface area contributed by atoms with Crippen molar-refractivity contribution in [1.82, 2.24) is 10.6 Å². The van der Waals surface area contributed by atoms with Crippen molar-refractivity contribution in [2.24, 2.45) is 11.8 Å². The van der Waals surface area contributed by atoms with Crippen LogP contribution >= 0.6 is 11.8 Å². The van der Waals surface area contributed by atoms with Gasteiger partial charge >= 0.3 is 11.9 Å². The third-order valence-electron chi connectivity index (χ3n) is 6.26. The number of benzene rings is 1. The lowest BCUT2D eigenvalue weighted by atomic mass is 9.83. The standard InChI is InChI=1S/C23H32N2O5S/c1-3-30-23(29)18(10-9-15-7-5-4-6-8-15)24-14(2)21(26)19-17-13-31-12-11-16(17)20(25-19)22(27)28/h4-8,14,16-20,24-25H,3,9-13H2,1-2H3,(H,27,28)/t14-,16?,17?,18?,19?,20-/m0/s1. The van der Waals surface area contributed by atoms with Crippen LogP contribution in [0.3, 0.4) is 0 Å². The third kappa shape index (κ3) is 5.87. The number of ether oxygens (including phenoxy) is 1. The van der Waals surface area contributed by atoms with Crippen LogP contribution in [0.15, 0.2) is 30.3 Å². The first kappa shape index (κ1) is 23.8. The Bertz CT molecular complexity index is 774. The normalized spacial score (nSPS) is 27.2. The van der Waals surface area contributed by atoms with Gasteiger partial charge in [0.15, 0.2) is 5.78 Å². The van der Waals surface area contributed by atoms with Crippen LogP contribution < -0.4 is 10.6 Å². The monoisotopic (exact) mass is 448 g/mol. The van der Waals surface area contributed by atoms with E-state index in [1.54, 1.807) is 25.6 Å². The van der Waals surface area contributed by atoms with Crippen molar-refractivity contribution < 1.29 is 24.2 Å². The second-order valence-electron chi connectivity index (χ2n) is 8.27. The second kappa shape index (κ2) is 11.1. The fraction of sp³-hybridized carbons (Fsp3) is 0.609. The Balaban J connectivity index is 1.66. The van der Waals surface area contributed by atoms with E-state index in [0.29, 0.717) is 12.8 Å². The molecule has 7 nitrogen and oxygen atoms in total. The molecular formula is C23H32N2O5S. The van der Waals surface area contributed by atoms with Crippen LogP contribution in [0.25, 0.3) is 0 Å². The molecule has 0 aliphatic carbocycles. The number of carbonyl (C=O) groups excluding carboxylic acids is 2. The number of fused-ring (bicyclic) bond motifs is 1. The minimum absolute atomic E-state index is 0.00182. The summed E-state index contributed by atoms with van der Waals surface area (Å²) in [6.07, 6.45) is 1.99. The maximum atomic E-state index is 13.3. The minimum atomic E-state index is -0.898. The molecule has 0 saturated carbocycles. The first-order valence-electron chi connectivity index (χ1n) is 11.0. The summed E-state index contributed by atoms with van der Waals surface area (Å²) in [5.41, 5.74) is 1.11. The number of rotatable bonds is 10. The molecule has 0 amide bonds. The van der Waals surface area contributed by atoms with E-state index in [1.807, 2.05) is 30.3 Å². The maximum absolute atomic E-state index is 13.3. The number of carboxylic acid groups (broad SMARTS) is 1. The van der Waals surface area contributed by atoms with Gasteiger partial charge in [0.25, 0.3) is 0 Å². The minimum Gasteiger partial charge on any atom is -0.480 e. The van der Waals surface area contributed by atoms with Crippen LogP contribution in [0.1, 0.15) is 32.3 Å². The molecule has 170 valence electrons. The Hall–Kier alpha value is -1.90. The molecule has 8 heteroatoms. The highest BCUT2D eigenvalue weighted by Gasteiger charge is 2.50. The van der Waals surface area contributed by atoms with E-state index in [2.05, 4.69) is 10.6 Å². The fourth-order valence-corrected chi connectivity index (χ4v) is 5.96. The molecule has 0 radical (unpaired) electrons. The predicted molar refractivity (Wildman–Crippen MR) is 120 cm³/mol. The van der Waals surface area contributed by atoms with Gasteiger partial charge in [-0.3, -0.25) is 25.0 Å². The number of ketones is 1. The van der Waals surface area contributed by atoms with Gasteiger partial charge in [-0.05, 0) is 62.0 Å².